The van der Waals surface area contributed by atoms with Crippen molar-refractivity contribution in [1.29, 1.82) is 5.26 Å². The smallest absolute Gasteiger partial charge is 0.270 e. The van der Waals surface area contributed by atoms with Crippen molar-refractivity contribution in [2.45, 2.75) is 19.9 Å². The third-order valence-electron chi connectivity index (χ3n) is 5.74. The number of carbonyl (C=O) groups is 1. The van der Waals surface area contributed by atoms with E-state index in [0.717, 1.165) is 56.2 Å². The van der Waals surface area contributed by atoms with E-state index in [2.05, 4.69) is 45.5 Å². The summed E-state index contributed by atoms with van der Waals surface area (Å²) in [5.41, 5.74) is 1.73. The van der Waals surface area contributed by atoms with E-state index in [1.165, 1.54) is 10.1 Å². The molecule has 2 aromatic rings. The number of terminal acetylenes is 1. The van der Waals surface area contributed by atoms with Crippen LogP contribution < -0.4 is 25.4 Å². The van der Waals surface area contributed by atoms with Crippen molar-refractivity contribution in [2.24, 2.45) is 0 Å². The van der Waals surface area contributed by atoms with Crippen molar-refractivity contribution in [2.75, 3.05) is 51.6 Å². The average molecular weight is 479 g/mol. The summed E-state index contributed by atoms with van der Waals surface area (Å²) in [6, 6.07) is 10.0. The second kappa shape index (κ2) is 12.2. The van der Waals surface area contributed by atoms with Gasteiger partial charge in [0.15, 0.2) is 5.57 Å². The number of nitrogens with one attached hydrogen (secondary N) is 2. The number of nitriles is 1. The predicted octanol–water partition coefficient (Wildman–Crippen LogP) is -0.00662. The number of aromatic nitrogens is 1. The second-order valence-electron chi connectivity index (χ2n) is 8.08. The number of nitrogens with zero attached hydrogens (tertiary/aromatic N) is 4. The fourth-order valence-electron chi connectivity index (χ4n) is 3.73. The summed E-state index contributed by atoms with van der Waals surface area (Å²) in [5.74, 6) is 1.72. The van der Waals surface area contributed by atoms with Crippen LogP contribution in [0.5, 0.6) is 0 Å². The van der Waals surface area contributed by atoms with Gasteiger partial charge in [0.2, 0.25) is 0 Å². The molecule has 2 heterocycles. The van der Waals surface area contributed by atoms with Gasteiger partial charge < -0.3 is 20.4 Å². The van der Waals surface area contributed by atoms with E-state index < -0.39 is 5.91 Å². The molecule has 34 heavy (non-hydrogen) atoms. The lowest BCUT2D eigenvalue weighted by Gasteiger charge is -2.32. The van der Waals surface area contributed by atoms with Gasteiger partial charge in [-0.05, 0) is 38.1 Å². The van der Waals surface area contributed by atoms with Crippen molar-refractivity contribution in [3.63, 3.8) is 0 Å². The van der Waals surface area contributed by atoms with Crippen molar-refractivity contribution < 1.29 is 4.79 Å². The van der Waals surface area contributed by atoms with Crippen molar-refractivity contribution in [3.05, 3.63) is 49.4 Å². The molecule has 8 nitrogen and oxygen atoms in total. The number of likely N-dealkylation sites (N-methyl/N-ethyl adjacent to an activating group) is 1. The summed E-state index contributed by atoms with van der Waals surface area (Å²) >= 11 is 1.11. The maximum Gasteiger partial charge on any atom is 0.270 e. The Morgan fingerprint density at radius 1 is 1.29 bits per heavy atom. The topological polar surface area (TPSA) is 93.4 Å². The Bertz CT molecular complexity index is 1270. The first-order valence-electron chi connectivity index (χ1n) is 11.3. The van der Waals surface area contributed by atoms with E-state index >= 15 is 0 Å². The number of rotatable bonds is 8. The number of thiazole rings is 1. The molecule has 0 atom stereocenters. The molecule has 2 N–H and O–H groups in total. The predicted molar refractivity (Wildman–Crippen MR) is 137 cm³/mol. The maximum absolute atomic E-state index is 12.9. The molecule has 1 amide bonds. The van der Waals surface area contributed by atoms with Crippen LogP contribution in [-0.2, 0) is 17.8 Å². The van der Waals surface area contributed by atoms with Gasteiger partial charge in [-0.1, -0.05) is 18.1 Å². The molecule has 0 unspecified atom stereocenters. The number of anilines is 1. The lowest BCUT2D eigenvalue weighted by molar-refractivity contribution is -0.115. The van der Waals surface area contributed by atoms with Crippen LogP contribution in [-0.4, -0.2) is 66.6 Å². The van der Waals surface area contributed by atoms with Crippen molar-refractivity contribution >= 4 is 34.7 Å². The van der Waals surface area contributed by atoms with E-state index in [1.807, 2.05) is 18.2 Å². The first-order valence-corrected chi connectivity index (χ1v) is 12.1. The Balaban J connectivity index is 1.79. The fourth-order valence-corrected chi connectivity index (χ4v) is 4.82. The minimum atomic E-state index is -0.587. The lowest BCUT2D eigenvalue weighted by atomic mass is 10.1. The Hall–Kier alpha value is -3.37. The van der Waals surface area contributed by atoms with Gasteiger partial charge in [-0.2, -0.15) is 5.26 Å². The van der Waals surface area contributed by atoms with Crippen molar-refractivity contribution in [1.82, 2.24) is 19.7 Å². The molecule has 178 valence electrons. The fraction of sp³-hybridized carbons (Fsp3) is 0.400. The number of hydrogen-bond donors (Lipinski definition) is 2. The zero-order chi connectivity index (χ0) is 24.5. The molecular weight excluding hydrogens is 448 g/mol. The van der Waals surface area contributed by atoms with Crippen LogP contribution in [0.2, 0.25) is 0 Å². The molecule has 1 aromatic carbocycles. The summed E-state index contributed by atoms with van der Waals surface area (Å²) in [5, 5.41) is 15.2. The van der Waals surface area contributed by atoms with E-state index in [1.54, 1.807) is 13.1 Å². The molecule has 0 bridgehead atoms. The number of carbonyl (C=O) groups excluding carboxylic acids is 1. The van der Waals surface area contributed by atoms with Gasteiger partial charge >= 0.3 is 0 Å². The Morgan fingerprint density at radius 3 is 2.74 bits per heavy atom. The molecule has 3 rings (SSSR count). The highest BCUT2D eigenvalue weighted by Crippen LogP contribution is 2.12. The van der Waals surface area contributed by atoms with Crippen LogP contribution in [0.25, 0.3) is 11.8 Å². The minimum Gasteiger partial charge on any atom is -0.360 e. The normalized spacial score (nSPS) is 15.9. The summed E-state index contributed by atoms with van der Waals surface area (Å²) in [4.78, 5) is 30.0. The third-order valence-corrected chi connectivity index (χ3v) is 6.87. The lowest BCUT2D eigenvalue weighted by Crippen LogP contribution is -2.45. The molecule has 1 aliphatic rings. The van der Waals surface area contributed by atoms with Gasteiger partial charge in [-0.15, -0.1) is 17.8 Å². The highest BCUT2D eigenvalue weighted by molar-refractivity contribution is 7.07. The van der Waals surface area contributed by atoms with E-state index in [4.69, 9.17) is 6.42 Å². The molecule has 0 aliphatic carbocycles. The largest absolute Gasteiger partial charge is 0.360 e. The zero-order valence-corrected chi connectivity index (χ0v) is 20.5. The molecule has 1 aromatic heterocycles. The van der Waals surface area contributed by atoms with Gasteiger partial charge in [-0.25, -0.2) is 0 Å². The molecule has 0 radical (unpaired) electrons. The maximum atomic E-state index is 12.9. The molecular formula is C25H30N6O2S. The highest BCUT2D eigenvalue weighted by Gasteiger charge is 2.15. The number of benzene rings is 1. The first-order chi connectivity index (χ1) is 16.5. The van der Waals surface area contributed by atoms with Gasteiger partial charge in [-0.3, -0.25) is 14.2 Å². The second-order valence-corrected chi connectivity index (χ2v) is 9.11. The van der Waals surface area contributed by atoms with Crippen LogP contribution in [0.1, 0.15) is 12.5 Å². The zero-order valence-electron chi connectivity index (χ0n) is 19.6. The molecule has 9 heteroatoms. The van der Waals surface area contributed by atoms with Crippen LogP contribution in [0.15, 0.2) is 29.1 Å². The molecule has 1 aliphatic heterocycles. The minimum absolute atomic E-state index is 0.0113. The number of piperazine rings is 1. The Labute approximate surface area is 203 Å². The van der Waals surface area contributed by atoms with Crippen LogP contribution >= 0.6 is 11.3 Å². The van der Waals surface area contributed by atoms with Crippen LogP contribution in [0.4, 0.5) is 5.69 Å². The number of amides is 1. The quantitative estimate of drug-likeness (QED) is 0.519. The SMILES string of the molecule is C#CCNC(=O)/C(C#N)=c1\s/c(=C/Nc2cccc(CCN3CCN(C)CC3)c2)c(=O)n1CC. The number of hydrogen-bond acceptors (Lipinski definition) is 7. The summed E-state index contributed by atoms with van der Waals surface area (Å²) in [6.07, 6.45) is 7.77. The third kappa shape index (κ3) is 6.36. The van der Waals surface area contributed by atoms with Crippen molar-refractivity contribution in [3.8, 4) is 18.4 Å². The molecule has 0 saturated carbocycles. The average Bonchev–Trinajstić information content (AvgIpc) is 3.16. The monoisotopic (exact) mass is 478 g/mol. The molecule has 0 spiro atoms. The standard InChI is InChI=1S/C25H30N6O2S/c1-4-10-27-23(32)21(17-26)25-31(5-2)24(33)22(34-25)18-28-20-8-6-7-19(16-20)9-11-30-14-12-29(3)13-15-30/h1,6-8,16,18,28H,5,9-15H2,2-3H3,(H,27,32)/b22-18+,25-21-. The van der Waals surface area contributed by atoms with Gasteiger partial charge in [0.05, 0.1) is 6.54 Å². The first kappa shape index (κ1) is 25.3. The van der Waals surface area contributed by atoms with Crippen LogP contribution in [0.3, 0.4) is 0 Å². The summed E-state index contributed by atoms with van der Waals surface area (Å²) in [6.45, 7) is 7.56. The van der Waals surface area contributed by atoms with Gasteiger partial charge in [0.1, 0.15) is 15.3 Å². The van der Waals surface area contributed by atoms with Gasteiger partial charge in [0, 0.05) is 51.2 Å². The Kier molecular flexibility index (Phi) is 9.06. The molecule has 1 fully saturated rings. The summed E-state index contributed by atoms with van der Waals surface area (Å²) in [7, 11) is 2.15. The Morgan fingerprint density at radius 2 is 2.06 bits per heavy atom. The van der Waals surface area contributed by atoms with E-state index in [0.29, 0.717) is 15.7 Å². The van der Waals surface area contributed by atoms with Crippen LogP contribution in [0, 0.1) is 23.7 Å². The highest BCUT2D eigenvalue weighted by atomic mass is 32.1. The molecule has 1 saturated heterocycles. The van der Waals surface area contributed by atoms with E-state index in [9.17, 15) is 14.9 Å². The van der Waals surface area contributed by atoms with E-state index in [-0.39, 0.29) is 17.7 Å². The summed E-state index contributed by atoms with van der Waals surface area (Å²) < 4.78 is 2.16. The van der Waals surface area contributed by atoms with Gasteiger partial charge in [0.25, 0.3) is 11.5 Å².